The molecule has 0 radical (unpaired) electrons. The second-order valence-corrected chi connectivity index (χ2v) is 12.5. The number of hydrogen-bond donors (Lipinski definition) is 0. The number of sulfonamides is 2. The SMILES string of the molecule is Cc1ccc(S(=O)(=O)N=C(CN2CCCC2)N2CCN(S(=O)(=O)c3ccc(C)cc3)[C@@H]2C)cc1. The molecule has 0 aromatic heterocycles. The van der Waals surface area contributed by atoms with Crippen molar-refractivity contribution in [3.63, 3.8) is 0 Å². The third-order valence-corrected chi connectivity index (χ3v) is 9.79. The Kier molecular flexibility index (Phi) is 7.14. The van der Waals surface area contributed by atoms with Crippen molar-refractivity contribution in [2.75, 3.05) is 32.7 Å². The van der Waals surface area contributed by atoms with Gasteiger partial charge in [0.15, 0.2) is 0 Å². The highest BCUT2D eigenvalue weighted by atomic mass is 32.2. The molecule has 2 aliphatic heterocycles. The van der Waals surface area contributed by atoms with E-state index in [4.69, 9.17) is 0 Å². The first-order chi connectivity index (χ1) is 16.1. The lowest BCUT2D eigenvalue weighted by Crippen LogP contribution is -2.46. The molecule has 0 bridgehead atoms. The van der Waals surface area contributed by atoms with Gasteiger partial charge in [-0.3, -0.25) is 4.90 Å². The Balaban J connectivity index is 1.66. The molecule has 34 heavy (non-hydrogen) atoms. The summed E-state index contributed by atoms with van der Waals surface area (Å²) in [5.74, 6) is 0.386. The molecule has 0 spiro atoms. The minimum Gasteiger partial charge on any atom is -0.340 e. The summed E-state index contributed by atoms with van der Waals surface area (Å²) in [6, 6.07) is 13.4. The molecule has 0 N–H and O–H groups in total. The normalized spacial score (nSPS) is 20.9. The fourth-order valence-corrected chi connectivity index (χ4v) is 7.08. The van der Waals surface area contributed by atoms with E-state index in [1.165, 1.54) is 4.31 Å². The van der Waals surface area contributed by atoms with Gasteiger partial charge < -0.3 is 4.90 Å². The molecule has 2 aromatic carbocycles. The summed E-state index contributed by atoms with van der Waals surface area (Å²) in [6.07, 6.45) is 1.56. The molecule has 2 fully saturated rings. The Labute approximate surface area is 203 Å². The Hall–Kier alpha value is -2.27. The summed E-state index contributed by atoms with van der Waals surface area (Å²) in [7, 11) is -7.66. The molecule has 1 atom stereocenters. The first-order valence-electron chi connectivity index (χ1n) is 11.6. The van der Waals surface area contributed by atoms with E-state index < -0.39 is 26.2 Å². The van der Waals surface area contributed by atoms with E-state index in [2.05, 4.69) is 9.30 Å². The van der Waals surface area contributed by atoms with E-state index in [1.54, 1.807) is 55.5 Å². The highest BCUT2D eigenvalue weighted by Crippen LogP contribution is 2.26. The van der Waals surface area contributed by atoms with Gasteiger partial charge in [-0.05, 0) is 71.0 Å². The van der Waals surface area contributed by atoms with Gasteiger partial charge in [0, 0.05) is 13.1 Å². The Morgan fingerprint density at radius 3 is 1.91 bits per heavy atom. The predicted octanol–water partition coefficient (Wildman–Crippen LogP) is 2.84. The molecule has 0 saturated carbocycles. The molecular formula is C24H32N4O4S2. The summed E-state index contributed by atoms with van der Waals surface area (Å²) in [6.45, 7) is 8.35. The highest BCUT2D eigenvalue weighted by molar-refractivity contribution is 7.90. The lowest BCUT2D eigenvalue weighted by atomic mass is 10.2. The summed E-state index contributed by atoms with van der Waals surface area (Å²) in [4.78, 5) is 4.36. The smallest absolute Gasteiger partial charge is 0.283 e. The van der Waals surface area contributed by atoms with Gasteiger partial charge in [0.05, 0.1) is 22.5 Å². The molecule has 8 nitrogen and oxygen atoms in total. The zero-order valence-electron chi connectivity index (χ0n) is 19.9. The standard InChI is InChI=1S/C24H32N4O4S2/c1-19-6-10-22(11-7-19)33(29,30)25-24(18-26-14-4-5-15-26)27-16-17-28(21(27)3)34(31,32)23-12-8-20(2)9-13-23/h6-13,21H,4-5,14-18H2,1-3H3/t21-/m1/s1. The van der Waals surface area contributed by atoms with E-state index in [0.717, 1.165) is 37.1 Å². The second kappa shape index (κ2) is 9.77. The van der Waals surface area contributed by atoms with Gasteiger partial charge in [-0.25, -0.2) is 8.42 Å². The van der Waals surface area contributed by atoms with Crippen LogP contribution in [0.4, 0.5) is 0 Å². The van der Waals surface area contributed by atoms with Gasteiger partial charge in [-0.15, -0.1) is 4.40 Å². The predicted molar refractivity (Wildman–Crippen MR) is 133 cm³/mol. The van der Waals surface area contributed by atoms with Crippen LogP contribution in [-0.4, -0.2) is 75.7 Å². The number of nitrogens with zero attached hydrogens (tertiary/aromatic N) is 4. The molecule has 10 heteroatoms. The third-order valence-electron chi connectivity index (χ3n) is 6.50. The number of amidine groups is 1. The summed E-state index contributed by atoms with van der Waals surface area (Å²) < 4.78 is 58.7. The Morgan fingerprint density at radius 2 is 1.35 bits per heavy atom. The van der Waals surface area contributed by atoms with Gasteiger partial charge >= 0.3 is 0 Å². The van der Waals surface area contributed by atoms with Crippen LogP contribution in [0.1, 0.15) is 30.9 Å². The number of hydrogen-bond acceptors (Lipinski definition) is 5. The molecule has 2 heterocycles. The quantitative estimate of drug-likeness (QED) is 0.444. The number of benzene rings is 2. The van der Waals surface area contributed by atoms with Gasteiger partial charge in [0.25, 0.3) is 10.0 Å². The van der Waals surface area contributed by atoms with E-state index in [1.807, 2.05) is 18.7 Å². The van der Waals surface area contributed by atoms with Crippen molar-refractivity contribution in [2.45, 2.75) is 49.6 Å². The van der Waals surface area contributed by atoms with Gasteiger partial charge in [0.1, 0.15) is 5.84 Å². The average molecular weight is 505 g/mol. The van der Waals surface area contributed by atoms with Crippen molar-refractivity contribution in [3.05, 3.63) is 59.7 Å². The molecule has 184 valence electrons. The molecular weight excluding hydrogens is 472 g/mol. The Bertz CT molecular complexity index is 1250. The highest BCUT2D eigenvalue weighted by Gasteiger charge is 2.39. The second-order valence-electron chi connectivity index (χ2n) is 9.03. The fourth-order valence-electron chi connectivity index (χ4n) is 4.46. The molecule has 0 amide bonds. The molecule has 0 aliphatic carbocycles. The van der Waals surface area contributed by atoms with Crippen LogP contribution in [0.3, 0.4) is 0 Å². The van der Waals surface area contributed by atoms with E-state index in [-0.39, 0.29) is 16.3 Å². The first kappa shape index (κ1) is 24.8. The van der Waals surface area contributed by atoms with Crippen molar-refractivity contribution in [1.29, 1.82) is 0 Å². The maximum absolute atomic E-state index is 13.3. The molecule has 4 rings (SSSR count). The van der Waals surface area contributed by atoms with Crippen LogP contribution in [0.15, 0.2) is 62.7 Å². The summed E-state index contributed by atoms with van der Waals surface area (Å²) >= 11 is 0. The number of likely N-dealkylation sites (tertiary alicyclic amines) is 1. The van der Waals surface area contributed by atoms with E-state index >= 15 is 0 Å². The largest absolute Gasteiger partial charge is 0.340 e. The van der Waals surface area contributed by atoms with Crippen molar-refractivity contribution in [2.24, 2.45) is 4.40 Å². The molecule has 2 aliphatic rings. The van der Waals surface area contributed by atoms with Gasteiger partial charge in [-0.1, -0.05) is 35.4 Å². The van der Waals surface area contributed by atoms with Gasteiger partial charge in [0.2, 0.25) is 10.0 Å². The van der Waals surface area contributed by atoms with Crippen LogP contribution in [-0.2, 0) is 20.0 Å². The third kappa shape index (κ3) is 5.19. The van der Waals surface area contributed by atoms with Crippen LogP contribution >= 0.6 is 0 Å². The van der Waals surface area contributed by atoms with Crippen LogP contribution < -0.4 is 0 Å². The van der Waals surface area contributed by atoms with Crippen molar-refractivity contribution >= 4 is 25.9 Å². The molecule has 2 aromatic rings. The summed E-state index contributed by atoms with van der Waals surface area (Å²) in [5.41, 5.74) is 1.95. The summed E-state index contributed by atoms with van der Waals surface area (Å²) in [5, 5.41) is 0. The van der Waals surface area contributed by atoms with Crippen molar-refractivity contribution < 1.29 is 16.8 Å². The lowest BCUT2D eigenvalue weighted by molar-refractivity contribution is 0.286. The Morgan fingerprint density at radius 1 is 0.824 bits per heavy atom. The van der Waals surface area contributed by atoms with Crippen molar-refractivity contribution in [3.8, 4) is 0 Å². The van der Waals surface area contributed by atoms with E-state index in [9.17, 15) is 16.8 Å². The lowest BCUT2D eigenvalue weighted by Gasteiger charge is -2.30. The molecule has 0 unspecified atom stereocenters. The minimum absolute atomic E-state index is 0.132. The minimum atomic E-state index is -3.94. The van der Waals surface area contributed by atoms with E-state index in [0.29, 0.717) is 18.9 Å². The van der Waals surface area contributed by atoms with Crippen LogP contribution in [0.25, 0.3) is 0 Å². The zero-order chi connectivity index (χ0) is 24.5. The first-order valence-corrected chi connectivity index (χ1v) is 14.4. The fraction of sp³-hybridized carbons (Fsp3) is 0.458. The van der Waals surface area contributed by atoms with Gasteiger partial charge in [-0.2, -0.15) is 12.7 Å². The van der Waals surface area contributed by atoms with Crippen LogP contribution in [0, 0.1) is 13.8 Å². The monoisotopic (exact) mass is 504 g/mol. The van der Waals surface area contributed by atoms with Crippen LogP contribution in [0.5, 0.6) is 0 Å². The zero-order valence-corrected chi connectivity index (χ0v) is 21.5. The van der Waals surface area contributed by atoms with Crippen molar-refractivity contribution in [1.82, 2.24) is 14.1 Å². The average Bonchev–Trinajstić information content (AvgIpc) is 3.43. The number of aryl methyl sites for hydroxylation is 2. The maximum atomic E-state index is 13.3. The molecule has 2 saturated heterocycles. The van der Waals surface area contributed by atoms with Crippen LogP contribution in [0.2, 0.25) is 0 Å². The topological polar surface area (TPSA) is 90.4 Å². The number of rotatable bonds is 6. The maximum Gasteiger partial charge on any atom is 0.283 e.